The molecule has 0 aliphatic heterocycles. The number of hydrogen-bond donors (Lipinski definition) is 0. The van der Waals surface area contributed by atoms with E-state index in [2.05, 4.69) is 105 Å². The molecule has 0 atom stereocenters. The number of aryl methyl sites for hydroxylation is 3. The smallest absolute Gasteiger partial charge is 0.224 e. The Hall–Kier alpha value is -2.91. The van der Waals surface area contributed by atoms with Gasteiger partial charge in [-0.05, 0) is 43.0 Å². The van der Waals surface area contributed by atoms with Crippen LogP contribution in [0.4, 0.5) is 0 Å². The lowest BCUT2D eigenvalue weighted by molar-refractivity contribution is -0.643. The third kappa shape index (κ3) is 2.57. The Balaban J connectivity index is 1.98. The summed E-state index contributed by atoms with van der Waals surface area (Å²) in [6, 6.07) is 23.0. The molecule has 0 saturated heterocycles. The topological polar surface area (TPSA) is 8.29 Å². The molecule has 3 heteroatoms. The van der Waals surface area contributed by atoms with Crippen LogP contribution in [0.1, 0.15) is 31.9 Å². The van der Waals surface area contributed by atoms with Gasteiger partial charge in [-0.3, -0.25) is 0 Å². The number of nitrogens with zero attached hydrogens (tertiary/aromatic N) is 2. The molecule has 0 aliphatic rings. The van der Waals surface area contributed by atoms with Gasteiger partial charge in [-0.25, -0.2) is 4.57 Å². The van der Waals surface area contributed by atoms with E-state index in [1.165, 1.54) is 78.3 Å². The Morgan fingerprint density at radius 1 is 0.788 bits per heavy atom. The van der Waals surface area contributed by atoms with Crippen molar-refractivity contribution in [3.63, 3.8) is 0 Å². The van der Waals surface area contributed by atoms with Crippen LogP contribution in [-0.2, 0) is 7.05 Å². The fraction of sp³-hybridized carbons (Fsp3) is 0.300. The van der Waals surface area contributed by atoms with Gasteiger partial charge in [0.05, 0.1) is 35.4 Å². The summed E-state index contributed by atoms with van der Waals surface area (Å²) in [5.41, 5.74) is 8.11. The van der Waals surface area contributed by atoms with Crippen molar-refractivity contribution in [1.82, 2.24) is 4.40 Å². The Morgan fingerprint density at radius 3 is 2.27 bits per heavy atom. The molecule has 0 amide bonds. The van der Waals surface area contributed by atoms with Gasteiger partial charge in [-0.15, -0.1) is 0 Å². The van der Waals surface area contributed by atoms with Crippen LogP contribution in [0.5, 0.6) is 0 Å². The molecular weight excluding hydrogens is 416 g/mol. The van der Waals surface area contributed by atoms with Crippen LogP contribution in [0.25, 0.3) is 49.0 Å². The van der Waals surface area contributed by atoms with Gasteiger partial charge in [-0.2, -0.15) is 0 Å². The molecule has 2 nitrogen and oxygen atoms in total. The maximum absolute atomic E-state index is 2.59. The first kappa shape index (κ1) is 20.7. The van der Waals surface area contributed by atoms with Crippen molar-refractivity contribution in [3.05, 3.63) is 65.9 Å². The molecular formula is C30H33N2Si+. The van der Waals surface area contributed by atoms with E-state index in [9.17, 15) is 0 Å². The average Bonchev–Trinajstić information content (AvgIpc) is 3.15. The van der Waals surface area contributed by atoms with Gasteiger partial charge in [0.1, 0.15) is 7.05 Å². The van der Waals surface area contributed by atoms with Crippen molar-refractivity contribution in [1.29, 1.82) is 0 Å². The van der Waals surface area contributed by atoms with Gasteiger partial charge in [0.25, 0.3) is 0 Å². The zero-order chi connectivity index (χ0) is 23.1. The van der Waals surface area contributed by atoms with E-state index in [1.807, 2.05) is 0 Å². The van der Waals surface area contributed by atoms with E-state index >= 15 is 0 Å². The molecule has 0 fully saturated rings. The van der Waals surface area contributed by atoms with E-state index in [-0.39, 0.29) is 0 Å². The minimum Gasteiger partial charge on any atom is -0.307 e. The van der Waals surface area contributed by atoms with Crippen molar-refractivity contribution in [2.24, 2.45) is 7.05 Å². The van der Waals surface area contributed by atoms with Crippen molar-refractivity contribution >= 4 is 62.3 Å². The average molecular weight is 450 g/mol. The third-order valence-corrected chi connectivity index (χ3v) is 14.2. The molecule has 6 aromatic rings. The lowest BCUT2D eigenvalue weighted by Crippen LogP contribution is -2.45. The summed E-state index contributed by atoms with van der Waals surface area (Å²) in [5, 5.41) is 8.53. The summed E-state index contributed by atoms with van der Waals surface area (Å²) < 4.78 is 4.93. The number of fused-ring (bicyclic) bond motifs is 5. The Morgan fingerprint density at radius 2 is 1.55 bits per heavy atom. The molecule has 0 unspecified atom stereocenters. The van der Waals surface area contributed by atoms with Crippen LogP contribution >= 0.6 is 0 Å². The predicted molar refractivity (Wildman–Crippen MR) is 146 cm³/mol. The van der Waals surface area contributed by atoms with Gasteiger partial charge >= 0.3 is 0 Å². The zero-order valence-corrected chi connectivity index (χ0v) is 21.7. The highest BCUT2D eigenvalue weighted by atomic mass is 28.3. The van der Waals surface area contributed by atoms with E-state index in [0.29, 0.717) is 0 Å². The van der Waals surface area contributed by atoms with Crippen LogP contribution in [0.15, 0.2) is 54.7 Å². The summed E-state index contributed by atoms with van der Waals surface area (Å²) in [5.74, 6) is 0. The molecule has 0 radical (unpaired) electrons. The molecule has 6 rings (SSSR count). The molecule has 3 aromatic carbocycles. The lowest BCUT2D eigenvalue weighted by atomic mass is 10.00. The van der Waals surface area contributed by atoms with Crippen molar-refractivity contribution in [2.75, 3.05) is 0 Å². The molecule has 0 spiro atoms. The highest BCUT2D eigenvalue weighted by Crippen LogP contribution is 2.41. The van der Waals surface area contributed by atoms with Gasteiger partial charge < -0.3 is 4.40 Å². The van der Waals surface area contributed by atoms with Crippen LogP contribution in [-0.4, -0.2) is 12.5 Å². The monoisotopic (exact) mass is 449 g/mol. The SMILES string of the molecule is CC[Si](CC)(CC)c1cc2cc[n+](C)c3c4c(C)ccc5c6cc(C)ccc6n(c(c1)c23)c54. The van der Waals surface area contributed by atoms with Crippen molar-refractivity contribution in [2.45, 2.75) is 52.8 Å². The normalized spacial score (nSPS) is 12.9. The highest BCUT2D eigenvalue weighted by Gasteiger charge is 2.31. The summed E-state index contributed by atoms with van der Waals surface area (Å²) in [4.78, 5) is 0. The van der Waals surface area contributed by atoms with E-state index < -0.39 is 8.07 Å². The third-order valence-electron chi connectivity index (χ3n) is 8.63. The largest absolute Gasteiger partial charge is 0.307 e. The second-order valence-corrected chi connectivity index (χ2v) is 15.3. The Labute approximate surface area is 196 Å². The van der Waals surface area contributed by atoms with Crippen LogP contribution in [0.3, 0.4) is 0 Å². The fourth-order valence-electron chi connectivity index (χ4n) is 6.50. The molecule has 166 valence electrons. The van der Waals surface area contributed by atoms with Crippen molar-refractivity contribution < 1.29 is 4.57 Å². The van der Waals surface area contributed by atoms with Crippen molar-refractivity contribution in [3.8, 4) is 0 Å². The molecule has 0 bridgehead atoms. The number of benzene rings is 3. The second-order valence-electron chi connectivity index (χ2n) is 10.1. The van der Waals surface area contributed by atoms with Gasteiger partial charge in [0, 0.05) is 16.8 Å². The lowest BCUT2D eigenvalue weighted by Gasteiger charge is -2.29. The van der Waals surface area contributed by atoms with Crippen LogP contribution < -0.4 is 9.75 Å². The standard InChI is InChI=1S/C30H33N2Si/c1-7-33(8-2,9-3)22-17-21-14-15-31(6)30-27-20(5)11-12-23-24-16-19(4)10-13-25(24)32(29(23)27)26(18-22)28(21)30/h10-18H,7-9H2,1-6H3/q+1. The molecule has 33 heavy (non-hydrogen) atoms. The number of pyridine rings is 2. The van der Waals surface area contributed by atoms with Gasteiger partial charge in [0.2, 0.25) is 5.52 Å². The van der Waals surface area contributed by atoms with Crippen LogP contribution in [0, 0.1) is 13.8 Å². The maximum Gasteiger partial charge on any atom is 0.224 e. The van der Waals surface area contributed by atoms with Gasteiger partial charge in [-0.1, -0.05) is 73.9 Å². The fourth-order valence-corrected chi connectivity index (χ4v) is 10.1. The number of aromatic nitrogens is 2. The van der Waals surface area contributed by atoms with E-state index in [1.54, 1.807) is 5.19 Å². The maximum atomic E-state index is 2.59. The quantitative estimate of drug-likeness (QED) is 0.117. The number of rotatable bonds is 4. The Kier molecular flexibility index (Phi) is 4.41. The minimum absolute atomic E-state index is 1.30. The highest BCUT2D eigenvalue weighted by molar-refractivity contribution is 6.92. The van der Waals surface area contributed by atoms with E-state index in [0.717, 1.165) is 0 Å². The summed E-state index contributed by atoms with van der Waals surface area (Å²) in [7, 11) is 0.678. The molecule has 0 saturated carbocycles. The molecule has 0 N–H and O–H groups in total. The van der Waals surface area contributed by atoms with E-state index in [4.69, 9.17) is 0 Å². The van der Waals surface area contributed by atoms with Gasteiger partial charge in [0.15, 0.2) is 6.20 Å². The zero-order valence-electron chi connectivity index (χ0n) is 20.7. The Bertz CT molecular complexity index is 1690. The van der Waals surface area contributed by atoms with Crippen LogP contribution in [0.2, 0.25) is 18.1 Å². The summed E-state index contributed by atoms with van der Waals surface area (Å²) in [6.07, 6.45) is 2.26. The predicted octanol–water partition coefficient (Wildman–Crippen LogP) is 7.15. The molecule has 3 aromatic heterocycles. The number of hydrogen-bond acceptors (Lipinski definition) is 0. The second kappa shape index (κ2) is 7.04. The summed E-state index contributed by atoms with van der Waals surface area (Å²) >= 11 is 0. The first-order valence-corrected chi connectivity index (χ1v) is 15.1. The minimum atomic E-state index is -1.53. The first-order valence-electron chi connectivity index (χ1n) is 12.5. The first-order chi connectivity index (χ1) is 15.9. The summed E-state index contributed by atoms with van der Waals surface area (Å²) in [6.45, 7) is 11.7. The molecule has 0 aliphatic carbocycles. The molecule has 3 heterocycles.